The van der Waals surface area contributed by atoms with Crippen molar-refractivity contribution in [2.75, 3.05) is 13.7 Å². The highest BCUT2D eigenvalue weighted by Gasteiger charge is 2.62. The lowest BCUT2D eigenvalue weighted by molar-refractivity contribution is -0.290. The average molecular weight is 746 g/mol. The molecule has 298 valence electrons. The van der Waals surface area contributed by atoms with Crippen molar-refractivity contribution in [1.29, 1.82) is 0 Å². The number of carbonyl (C=O) groups excluding carboxylic acids is 1. The van der Waals surface area contributed by atoms with Crippen LogP contribution >= 0.6 is 0 Å². The van der Waals surface area contributed by atoms with E-state index in [4.69, 9.17) is 43.6 Å². The van der Waals surface area contributed by atoms with Gasteiger partial charge in [0.25, 0.3) is 0 Å². The smallest absolute Gasteiger partial charge is 0.172 e. The van der Waals surface area contributed by atoms with Crippen LogP contribution in [0.25, 0.3) is 0 Å². The quantitative estimate of drug-likeness (QED) is 0.360. The summed E-state index contributed by atoms with van der Waals surface area (Å²) in [6.07, 6.45) is 3.08. The summed E-state index contributed by atoms with van der Waals surface area (Å²) in [7, 11) is 1.65. The Morgan fingerprint density at radius 2 is 1.60 bits per heavy atom. The molecule has 1 spiro atoms. The van der Waals surface area contributed by atoms with Gasteiger partial charge < -0.3 is 53.8 Å². The van der Waals surface area contributed by atoms with Gasteiger partial charge in [0, 0.05) is 64.0 Å². The van der Waals surface area contributed by atoms with Crippen LogP contribution in [0, 0.1) is 17.8 Å². The minimum absolute atomic E-state index is 0.0110. The van der Waals surface area contributed by atoms with E-state index in [0.29, 0.717) is 32.1 Å². The van der Waals surface area contributed by atoms with Crippen molar-refractivity contribution >= 4 is 5.78 Å². The third-order valence-corrected chi connectivity index (χ3v) is 14.1. The van der Waals surface area contributed by atoms with Crippen LogP contribution in [0.1, 0.15) is 97.3 Å². The Kier molecular flexibility index (Phi) is 11.3. The number of carbonyl (C=O) groups is 1. The Morgan fingerprint density at radius 3 is 2.40 bits per heavy atom. The fraction of sp³-hybridized carbons (Fsp3) is 0.878. The van der Waals surface area contributed by atoms with E-state index in [1.54, 1.807) is 7.11 Å². The van der Waals surface area contributed by atoms with Crippen LogP contribution < -0.4 is 5.73 Å². The fourth-order valence-corrected chi connectivity index (χ4v) is 11.1. The molecule has 8 aliphatic rings. The monoisotopic (exact) mass is 745 g/mol. The maximum absolute atomic E-state index is 14.1. The first-order chi connectivity index (χ1) is 25.4. The van der Waals surface area contributed by atoms with Crippen molar-refractivity contribution < 1.29 is 52.9 Å². The van der Waals surface area contributed by atoms with E-state index in [9.17, 15) is 15.0 Å². The Morgan fingerprint density at radius 1 is 0.849 bits per heavy atom. The molecular weight excluding hydrogens is 682 g/mol. The van der Waals surface area contributed by atoms with Gasteiger partial charge in [-0.25, -0.2) is 0 Å². The number of hydrogen-bond donors (Lipinski definition) is 3. The van der Waals surface area contributed by atoms with Crippen molar-refractivity contribution in [2.45, 2.75) is 195 Å². The highest BCUT2D eigenvalue weighted by molar-refractivity contribution is 5.79. The summed E-state index contributed by atoms with van der Waals surface area (Å²) in [5, 5.41) is 21.8. The highest BCUT2D eigenvalue weighted by atomic mass is 16.7. The van der Waals surface area contributed by atoms with Crippen LogP contribution in [-0.4, -0.2) is 127 Å². The van der Waals surface area contributed by atoms with E-state index in [2.05, 4.69) is 27.0 Å². The van der Waals surface area contributed by atoms with Crippen LogP contribution in [0.2, 0.25) is 0 Å². The summed E-state index contributed by atoms with van der Waals surface area (Å²) < 4.78 is 53.3. The van der Waals surface area contributed by atoms with Gasteiger partial charge >= 0.3 is 0 Å². The van der Waals surface area contributed by atoms with E-state index >= 15 is 0 Å². The van der Waals surface area contributed by atoms with Crippen LogP contribution in [0.15, 0.2) is 24.3 Å². The molecule has 0 aliphatic carbocycles. The molecule has 0 aromatic carbocycles. The molecule has 12 heteroatoms. The second kappa shape index (κ2) is 15.6. The Balaban J connectivity index is 1.07. The Labute approximate surface area is 314 Å². The van der Waals surface area contributed by atoms with Crippen LogP contribution in [0.5, 0.6) is 0 Å². The fourth-order valence-electron chi connectivity index (χ4n) is 11.1. The second-order valence-corrected chi connectivity index (χ2v) is 17.7. The normalized spacial score (nSPS) is 51.1. The van der Waals surface area contributed by atoms with Gasteiger partial charge in [-0.05, 0) is 62.0 Å². The number of hydrogen-bond acceptors (Lipinski definition) is 12. The average Bonchev–Trinajstić information content (AvgIpc) is 3.75. The number of aliphatic hydroxyl groups is 2. The highest BCUT2D eigenvalue weighted by Crippen LogP contribution is 2.51. The second-order valence-electron chi connectivity index (χ2n) is 17.7. The number of ketones is 1. The van der Waals surface area contributed by atoms with Gasteiger partial charge in [0.05, 0.1) is 79.4 Å². The summed E-state index contributed by atoms with van der Waals surface area (Å²) in [4.78, 5) is 14.1. The zero-order valence-electron chi connectivity index (χ0n) is 31.9. The van der Waals surface area contributed by atoms with E-state index in [1.807, 2.05) is 0 Å². The van der Waals surface area contributed by atoms with Gasteiger partial charge in [-0.2, -0.15) is 0 Å². The molecular formula is C41H63NO11. The van der Waals surface area contributed by atoms with Gasteiger partial charge in [-0.15, -0.1) is 0 Å². The zero-order chi connectivity index (χ0) is 37.2. The van der Waals surface area contributed by atoms with Crippen molar-refractivity contribution in [1.82, 2.24) is 0 Å². The SMILES string of the molecule is C=C1C[C@@H]2CC[C@]34C[C@@H](O)C(O3)C3O[C@H]5CC[C@H](CC(=O)C[C@@H]6[C@@H](OC)[C@@H](C[C@H](O)CN)O[C@H]6C[C@H]6O[C@@H](CC[C@@H]1O2)C[C@@H](C)C6=C)O[C@@H]5[C@H](O4)C3C. The number of ether oxygens (including phenoxy) is 8. The minimum Gasteiger partial charge on any atom is -0.392 e. The Bertz CT molecular complexity index is 1360. The number of Topliss-reactive ketones (excluding diaryl/α,β-unsaturated/α-hetero) is 1. The zero-order valence-corrected chi connectivity index (χ0v) is 31.9. The predicted molar refractivity (Wildman–Crippen MR) is 193 cm³/mol. The van der Waals surface area contributed by atoms with Crippen LogP contribution in [0.3, 0.4) is 0 Å². The molecule has 12 nitrogen and oxygen atoms in total. The molecule has 8 saturated heterocycles. The number of methoxy groups -OCH3 is 1. The van der Waals surface area contributed by atoms with Crippen LogP contribution in [0.4, 0.5) is 0 Å². The maximum atomic E-state index is 14.1. The number of fused-ring (bicyclic) bond motifs is 9. The van der Waals surface area contributed by atoms with E-state index in [0.717, 1.165) is 49.7 Å². The number of aliphatic hydroxyl groups excluding tert-OH is 2. The van der Waals surface area contributed by atoms with E-state index < -0.39 is 30.2 Å². The first kappa shape index (κ1) is 38.6. The van der Waals surface area contributed by atoms with E-state index in [-0.39, 0.29) is 110 Å². The predicted octanol–water partition coefficient (Wildman–Crippen LogP) is 3.67. The van der Waals surface area contributed by atoms with E-state index in [1.165, 1.54) is 0 Å². The summed E-state index contributed by atoms with van der Waals surface area (Å²) in [5.41, 5.74) is 7.96. The van der Waals surface area contributed by atoms with Crippen molar-refractivity contribution in [2.24, 2.45) is 23.5 Å². The lowest BCUT2D eigenvalue weighted by Crippen LogP contribution is -2.62. The first-order valence-corrected chi connectivity index (χ1v) is 20.5. The van der Waals surface area contributed by atoms with Gasteiger partial charge in [-0.3, -0.25) is 4.79 Å². The largest absolute Gasteiger partial charge is 0.392 e. The third kappa shape index (κ3) is 7.61. The summed E-state index contributed by atoms with van der Waals surface area (Å²) in [5.74, 6) is -0.913. The molecule has 10 bridgehead atoms. The molecule has 0 aromatic rings. The molecule has 0 saturated carbocycles. The molecule has 8 heterocycles. The molecule has 0 aromatic heterocycles. The van der Waals surface area contributed by atoms with Crippen molar-refractivity contribution in [3.8, 4) is 0 Å². The molecule has 0 radical (unpaired) electrons. The molecule has 3 unspecified atom stereocenters. The first-order valence-electron chi connectivity index (χ1n) is 20.5. The lowest BCUT2D eigenvalue weighted by Gasteiger charge is -2.50. The van der Waals surface area contributed by atoms with Gasteiger partial charge in [-0.1, -0.05) is 27.0 Å². The molecule has 8 aliphatic heterocycles. The minimum atomic E-state index is -0.966. The number of nitrogens with two attached hydrogens (primary N) is 1. The molecule has 19 atom stereocenters. The molecule has 8 fully saturated rings. The Hall–Kier alpha value is -1.29. The molecule has 4 N–H and O–H groups in total. The molecule has 53 heavy (non-hydrogen) atoms. The number of rotatable bonds is 4. The van der Waals surface area contributed by atoms with Gasteiger partial charge in [0.15, 0.2) is 5.79 Å². The lowest BCUT2D eigenvalue weighted by atomic mass is 9.80. The topological polar surface area (TPSA) is 157 Å². The van der Waals surface area contributed by atoms with Crippen molar-refractivity contribution in [3.05, 3.63) is 24.3 Å². The van der Waals surface area contributed by atoms with Crippen molar-refractivity contribution in [3.63, 3.8) is 0 Å². The maximum Gasteiger partial charge on any atom is 0.172 e. The van der Waals surface area contributed by atoms with Gasteiger partial charge in [0.1, 0.15) is 18.0 Å². The third-order valence-electron chi connectivity index (χ3n) is 14.1. The summed E-state index contributed by atoms with van der Waals surface area (Å²) >= 11 is 0. The summed E-state index contributed by atoms with van der Waals surface area (Å²) in [6.45, 7) is 13.3. The standard InChI is InChI=1S/C41H63NO11/c1-20-12-26-6-8-31-21(2)13-28(47-31)10-11-41-18-30(45)39(53-41)36-23(4)37(52-41)40-32(51-36)9-7-27(49-40)14-24(43)15-29-34(17-33(48-26)22(20)3)50-35(38(29)46-5)16-25(44)19-42/h20,23,25-40,44-45H,2-3,6-19,42H2,1,4-5H3/t20-,23?,25+,26+,27-,28+,29+,30-,31+,32+,33-,34+,35-,36?,37-,38-,39?,40+,41-/m1/s1. The molecule has 0 amide bonds. The summed E-state index contributed by atoms with van der Waals surface area (Å²) in [6, 6.07) is 0. The molecule has 8 rings (SSSR count). The van der Waals surface area contributed by atoms with Crippen LogP contribution in [-0.2, 0) is 42.7 Å². The van der Waals surface area contributed by atoms with Gasteiger partial charge in [0.2, 0.25) is 0 Å².